The normalized spacial score (nSPS) is 18.5. The maximum absolute atomic E-state index is 13.3. The standard InChI is InChI=1S/C24H28FN5O/c1-30(2)22-20-8-3-4-9-21(20)28-24(29-22)27-19-12-10-17(11-13-19)23(31)26-15-16-6-5-7-18(25)14-16/h3-9,14,17,19H,10-13,15H2,1-2H3,(H,26,31)(H,27,28,29)/t17-,19+. The SMILES string of the molecule is CN(C)c1nc(N[C@H]2CC[C@@H](C(=O)NCc3cccc(F)c3)CC2)nc2ccccc12. The number of rotatable bonds is 6. The molecule has 4 rings (SSSR count). The van der Waals surface area contributed by atoms with Gasteiger partial charge in [0.2, 0.25) is 11.9 Å². The predicted octanol–water partition coefficient (Wildman–Crippen LogP) is 4.12. The second-order valence-corrected chi connectivity index (χ2v) is 8.32. The van der Waals surface area contributed by atoms with E-state index in [0.29, 0.717) is 12.5 Å². The fourth-order valence-electron chi connectivity index (χ4n) is 4.13. The molecule has 0 unspecified atom stereocenters. The first-order valence-electron chi connectivity index (χ1n) is 10.7. The van der Waals surface area contributed by atoms with Crippen LogP contribution in [0.15, 0.2) is 48.5 Å². The van der Waals surface area contributed by atoms with Gasteiger partial charge in [0.05, 0.1) is 5.52 Å². The maximum Gasteiger partial charge on any atom is 0.225 e. The number of halogens is 1. The predicted molar refractivity (Wildman–Crippen MR) is 121 cm³/mol. The quantitative estimate of drug-likeness (QED) is 0.627. The van der Waals surface area contributed by atoms with E-state index in [1.54, 1.807) is 6.07 Å². The molecule has 0 atom stereocenters. The van der Waals surface area contributed by atoms with Gasteiger partial charge in [-0.15, -0.1) is 0 Å². The second-order valence-electron chi connectivity index (χ2n) is 8.32. The topological polar surface area (TPSA) is 70.2 Å². The molecule has 31 heavy (non-hydrogen) atoms. The van der Waals surface area contributed by atoms with Crippen molar-refractivity contribution in [1.29, 1.82) is 0 Å². The molecular formula is C24H28FN5O. The molecule has 6 nitrogen and oxygen atoms in total. The summed E-state index contributed by atoms with van der Waals surface area (Å²) < 4.78 is 13.3. The minimum absolute atomic E-state index is 0.0125. The molecule has 1 heterocycles. The number of nitrogens with zero attached hydrogens (tertiary/aromatic N) is 3. The molecule has 7 heteroatoms. The third-order valence-corrected chi connectivity index (χ3v) is 5.79. The summed E-state index contributed by atoms with van der Waals surface area (Å²) in [7, 11) is 3.96. The van der Waals surface area contributed by atoms with Crippen molar-refractivity contribution in [2.45, 2.75) is 38.3 Å². The van der Waals surface area contributed by atoms with Crippen LogP contribution in [0, 0.1) is 11.7 Å². The van der Waals surface area contributed by atoms with Gasteiger partial charge in [0.25, 0.3) is 0 Å². The highest BCUT2D eigenvalue weighted by Gasteiger charge is 2.26. The molecule has 1 aliphatic rings. The van der Waals surface area contributed by atoms with E-state index in [2.05, 4.69) is 15.6 Å². The highest BCUT2D eigenvalue weighted by Crippen LogP contribution is 2.28. The summed E-state index contributed by atoms with van der Waals surface area (Å²) >= 11 is 0. The number of aromatic nitrogens is 2. The van der Waals surface area contributed by atoms with Crippen LogP contribution in [0.25, 0.3) is 10.9 Å². The fourth-order valence-corrected chi connectivity index (χ4v) is 4.13. The molecular weight excluding hydrogens is 393 g/mol. The Kier molecular flexibility index (Phi) is 6.30. The van der Waals surface area contributed by atoms with Crippen LogP contribution < -0.4 is 15.5 Å². The van der Waals surface area contributed by atoms with Crippen LogP contribution in [0.2, 0.25) is 0 Å². The largest absolute Gasteiger partial charge is 0.362 e. The van der Waals surface area contributed by atoms with Crippen LogP contribution in [0.4, 0.5) is 16.2 Å². The lowest BCUT2D eigenvalue weighted by Crippen LogP contribution is -2.36. The number of amides is 1. The summed E-state index contributed by atoms with van der Waals surface area (Å²) in [5, 5.41) is 7.44. The zero-order valence-electron chi connectivity index (χ0n) is 17.9. The lowest BCUT2D eigenvalue weighted by atomic mass is 9.85. The molecule has 1 aliphatic carbocycles. The number of benzene rings is 2. The molecule has 0 spiro atoms. The van der Waals surface area contributed by atoms with Crippen molar-refractivity contribution in [1.82, 2.24) is 15.3 Å². The molecule has 0 radical (unpaired) electrons. The summed E-state index contributed by atoms with van der Waals surface area (Å²) in [5.74, 6) is 1.26. The van der Waals surface area contributed by atoms with E-state index in [1.807, 2.05) is 49.3 Å². The first kappa shape index (κ1) is 21.0. The van der Waals surface area contributed by atoms with Gasteiger partial charge in [-0.25, -0.2) is 9.37 Å². The Hall–Kier alpha value is -3.22. The second kappa shape index (κ2) is 9.29. The Morgan fingerprint density at radius 2 is 1.84 bits per heavy atom. The third kappa shape index (κ3) is 5.10. The zero-order chi connectivity index (χ0) is 21.8. The smallest absolute Gasteiger partial charge is 0.225 e. The summed E-state index contributed by atoms with van der Waals surface area (Å²) in [6, 6.07) is 14.6. The molecule has 0 aliphatic heterocycles. The minimum atomic E-state index is -0.285. The monoisotopic (exact) mass is 421 g/mol. The number of hydrogen-bond acceptors (Lipinski definition) is 5. The van der Waals surface area contributed by atoms with Crippen LogP contribution in [0.5, 0.6) is 0 Å². The zero-order valence-corrected chi connectivity index (χ0v) is 17.9. The number of nitrogens with one attached hydrogen (secondary N) is 2. The number of carbonyl (C=O) groups excluding carboxylic acids is 1. The maximum atomic E-state index is 13.3. The average molecular weight is 422 g/mol. The number of carbonyl (C=O) groups is 1. The molecule has 2 aromatic carbocycles. The number of hydrogen-bond donors (Lipinski definition) is 2. The van der Waals surface area contributed by atoms with Crippen LogP contribution in [-0.4, -0.2) is 36.0 Å². The molecule has 3 aromatic rings. The molecule has 2 N–H and O–H groups in total. The lowest BCUT2D eigenvalue weighted by Gasteiger charge is -2.28. The fraction of sp³-hybridized carbons (Fsp3) is 0.375. The van der Waals surface area contributed by atoms with Gasteiger partial charge < -0.3 is 15.5 Å². The Balaban J connectivity index is 1.33. The number of fused-ring (bicyclic) bond motifs is 1. The van der Waals surface area contributed by atoms with E-state index >= 15 is 0 Å². The Morgan fingerprint density at radius 1 is 1.06 bits per heavy atom. The van der Waals surface area contributed by atoms with Crippen molar-refractivity contribution in [2.24, 2.45) is 5.92 Å². The number of anilines is 2. The highest BCUT2D eigenvalue weighted by atomic mass is 19.1. The van der Waals surface area contributed by atoms with Crippen LogP contribution in [-0.2, 0) is 11.3 Å². The van der Waals surface area contributed by atoms with E-state index < -0.39 is 0 Å². The van der Waals surface area contributed by atoms with E-state index in [1.165, 1.54) is 12.1 Å². The Bertz CT molecular complexity index is 1060. The summed E-state index contributed by atoms with van der Waals surface area (Å²) in [6.45, 7) is 0.354. The average Bonchev–Trinajstić information content (AvgIpc) is 2.77. The van der Waals surface area contributed by atoms with Gasteiger partial charge in [0, 0.05) is 38.0 Å². The van der Waals surface area contributed by atoms with E-state index in [-0.39, 0.29) is 23.7 Å². The third-order valence-electron chi connectivity index (χ3n) is 5.79. The van der Waals surface area contributed by atoms with Crippen molar-refractivity contribution in [2.75, 3.05) is 24.3 Å². The van der Waals surface area contributed by atoms with Crippen LogP contribution in [0.3, 0.4) is 0 Å². The van der Waals surface area contributed by atoms with Crippen LogP contribution >= 0.6 is 0 Å². The van der Waals surface area contributed by atoms with Crippen molar-refractivity contribution in [3.8, 4) is 0 Å². The Labute approximate surface area is 181 Å². The molecule has 1 fully saturated rings. The van der Waals surface area contributed by atoms with Gasteiger partial charge in [-0.1, -0.05) is 24.3 Å². The highest BCUT2D eigenvalue weighted by molar-refractivity contribution is 5.90. The number of para-hydroxylation sites is 1. The van der Waals surface area contributed by atoms with Gasteiger partial charge in [-0.05, 0) is 55.5 Å². The molecule has 1 saturated carbocycles. The van der Waals surface area contributed by atoms with Crippen molar-refractivity contribution >= 4 is 28.6 Å². The van der Waals surface area contributed by atoms with Crippen molar-refractivity contribution < 1.29 is 9.18 Å². The lowest BCUT2D eigenvalue weighted by molar-refractivity contribution is -0.126. The van der Waals surface area contributed by atoms with Gasteiger partial charge in [-0.2, -0.15) is 4.98 Å². The summed E-state index contributed by atoms with van der Waals surface area (Å²) in [5.41, 5.74) is 1.68. The van der Waals surface area contributed by atoms with Gasteiger partial charge >= 0.3 is 0 Å². The van der Waals surface area contributed by atoms with E-state index in [9.17, 15) is 9.18 Å². The van der Waals surface area contributed by atoms with Crippen LogP contribution in [0.1, 0.15) is 31.2 Å². The van der Waals surface area contributed by atoms with Gasteiger partial charge in [0.15, 0.2) is 0 Å². The molecule has 0 saturated heterocycles. The van der Waals surface area contributed by atoms with E-state index in [0.717, 1.165) is 48.0 Å². The van der Waals surface area contributed by atoms with E-state index in [4.69, 9.17) is 4.98 Å². The van der Waals surface area contributed by atoms with Gasteiger partial charge in [-0.3, -0.25) is 4.79 Å². The van der Waals surface area contributed by atoms with Crippen molar-refractivity contribution in [3.63, 3.8) is 0 Å². The molecule has 0 bridgehead atoms. The molecule has 162 valence electrons. The molecule has 1 aromatic heterocycles. The summed E-state index contributed by atoms with van der Waals surface area (Å²) in [4.78, 5) is 23.9. The first-order valence-corrected chi connectivity index (χ1v) is 10.7. The summed E-state index contributed by atoms with van der Waals surface area (Å²) in [6.07, 6.45) is 3.37. The Morgan fingerprint density at radius 3 is 2.58 bits per heavy atom. The minimum Gasteiger partial charge on any atom is -0.362 e. The molecule has 1 amide bonds. The first-order chi connectivity index (χ1) is 15.0. The van der Waals surface area contributed by atoms with Crippen molar-refractivity contribution in [3.05, 3.63) is 59.9 Å². The van der Waals surface area contributed by atoms with Gasteiger partial charge in [0.1, 0.15) is 11.6 Å².